The maximum Gasteiger partial charge on any atom is 0.416 e. The van der Waals surface area contributed by atoms with Crippen LogP contribution in [0.1, 0.15) is 36.5 Å². The summed E-state index contributed by atoms with van der Waals surface area (Å²) in [6.07, 6.45) is -4.59. The third-order valence-corrected chi connectivity index (χ3v) is 7.78. The first-order valence-electron chi connectivity index (χ1n) is 12.4. The van der Waals surface area contributed by atoms with Crippen LogP contribution in [-0.2, 0) is 15.7 Å². The minimum absolute atomic E-state index is 0.0814. The summed E-state index contributed by atoms with van der Waals surface area (Å²) in [7, 11) is 0. The van der Waals surface area contributed by atoms with Crippen LogP contribution in [0, 0.1) is 16.7 Å². The van der Waals surface area contributed by atoms with Crippen molar-refractivity contribution in [3.63, 3.8) is 0 Å². The van der Waals surface area contributed by atoms with E-state index in [9.17, 15) is 28.6 Å². The lowest BCUT2D eigenvalue weighted by atomic mass is 9.79. The normalized spacial score (nSPS) is 18.8. The second kappa shape index (κ2) is 10.6. The Morgan fingerprint density at radius 2 is 1.85 bits per heavy atom. The number of nitriles is 1. The standard InChI is InChI=1S/C30H23F3N4O2S/c1-3-39-29(38)24-17(2)37(21-8-6-7-20(15-21)30(31,32)33)27(35)26(25(24)19-13-11-18(16-34)12-14-19)28-36-22-9-4-5-10-23(22)40-28/h4-15,25,35-36H,3H2,1-2H3/b28-26-,35-27?. The molecule has 2 aliphatic rings. The SMILES string of the molecule is CCOC(=O)C1=C(C)N(c2cccc(C(F)(F)F)c2)C(=N)/C(=C2/Nc3ccccc3S2)C1c1ccc(C#N)cc1. The van der Waals surface area contributed by atoms with Crippen molar-refractivity contribution in [3.05, 3.63) is 111 Å². The molecular formula is C30H23F3N4O2S. The second-order valence-corrected chi connectivity index (χ2v) is 10.1. The highest BCUT2D eigenvalue weighted by Gasteiger charge is 2.43. The summed E-state index contributed by atoms with van der Waals surface area (Å²) in [5, 5.41) is 22.6. The number of fused-ring (bicyclic) bond motifs is 1. The van der Waals surface area contributed by atoms with Gasteiger partial charge in [0.2, 0.25) is 0 Å². The molecule has 0 bridgehead atoms. The number of nitrogens with one attached hydrogen (secondary N) is 2. The predicted octanol–water partition coefficient (Wildman–Crippen LogP) is 7.42. The molecule has 0 saturated heterocycles. The summed E-state index contributed by atoms with van der Waals surface area (Å²) in [4.78, 5) is 15.8. The number of hydrogen-bond acceptors (Lipinski definition) is 6. The Labute approximate surface area is 233 Å². The molecule has 3 aromatic carbocycles. The van der Waals surface area contributed by atoms with Crippen LogP contribution in [0.25, 0.3) is 0 Å². The minimum atomic E-state index is -4.59. The van der Waals surface area contributed by atoms with E-state index in [1.807, 2.05) is 24.3 Å². The molecule has 1 unspecified atom stereocenters. The van der Waals surface area contributed by atoms with E-state index >= 15 is 0 Å². The molecule has 6 nitrogen and oxygen atoms in total. The molecule has 202 valence electrons. The Morgan fingerprint density at radius 1 is 1.12 bits per heavy atom. The van der Waals surface area contributed by atoms with Gasteiger partial charge in [0.1, 0.15) is 5.84 Å². The molecule has 0 radical (unpaired) electrons. The molecule has 0 amide bonds. The summed E-state index contributed by atoms with van der Waals surface area (Å²) in [5.74, 6) is -1.51. The lowest BCUT2D eigenvalue weighted by Gasteiger charge is -2.39. The van der Waals surface area contributed by atoms with Crippen molar-refractivity contribution in [2.75, 3.05) is 16.8 Å². The van der Waals surface area contributed by atoms with Crippen LogP contribution in [0.2, 0.25) is 0 Å². The number of alkyl halides is 3. The smallest absolute Gasteiger partial charge is 0.416 e. The van der Waals surface area contributed by atoms with Crippen molar-refractivity contribution in [2.45, 2.75) is 30.8 Å². The summed E-state index contributed by atoms with van der Waals surface area (Å²) >= 11 is 1.38. The molecule has 0 saturated carbocycles. The third-order valence-electron chi connectivity index (χ3n) is 6.67. The van der Waals surface area contributed by atoms with Gasteiger partial charge in [0.05, 0.1) is 40.1 Å². The van der Waals surface area contributed by atoms with Gasteiger partial charge in [-0.05, 0) is 61.9 Å². The molecule has 0 fully saturated rings. The Kier molecular flexibility index (Phi) is 7.17. The van der Waals surface area contributed by atoms with Crippen LogP contribution in [0.15, 0.2) is 99.6 Å². The number of benzene rings is 3. The van der Waals surface area contributed by atoms with Gasteiger partial charge in [0.25, 0.3) is 0 Å². The van der Waals surface area contributed by atoms with E-state index in [0.29, 0.717) is 21.7 Å². The molecule has 0 spiro atoms. The Hall–Kier alpha value is -4.49. The number of hydrogen-bond donors (Lipinski definition) is 2. The van der Waals surface area contributed by atoms with Crippen LogP contribution >= 0.6 is 11.8 Å². The molecule has 5 rings (SSSR count). The highest BCUT2D eigenvalue weighted by molar-refractivity contribution is 8.03. The van der Waals surface area contributed by atoms with E-state index in [1.165, 1.54) is 28.8 Å². The largest absolute Gasteiger partial charge is 0.463 e. The van der Waals surface area contributed by atoms with E-state index in [2.05, 4.69) is 11.4 Å². The van der Waals surface area contributed by atoms with E-state index in [0.717, 1.165) is 22.7 Å². The number of esters is 1. The van der Waals surface area contributed by atoms with Gasteiger partial charge in [-0.15, -0.1) is 0 Å². The van der Waals surface area contributed by atoms with Crippen LogP contribution in [-0.4, -0.2) is 18.4 Å². The lowest BCUT2D eigenvalue weighted by Crippen LogP contribution is -2.41. The maximum atomic E-state index is 13.6. The summed E-state index contributed by atoms with van der Waals surface area (Å²) in [5.41, 5.74) is 1.98. The Balaban J connectivity index is 1.78. The predicted molar refractivity (Wildman–Crippen MR) is 148 cm³/mol. The van der Waals surface area contributed by atoms with Gasteiger partial charge in [-0.2, -0.15) is 18.4 Å². The van der Waals surface area contributed by atoms with Crippen LogP contribution in [0.4, 0.5) is 24.5 Å². The summed E-state index contributed by atoms with van der Waals surface area (Å²) in [6.45, 7) is 3.36. The molecule has 0 aliphatic carbocycles. The third kappa shape index (κ3) is 4.84. The van der Waals surface area contributed by atoms with Gasteiger partial charge in [-0.25, -0.2) is 4.79 Å². The van der Waals surface area contributed by atoms with E-state index < -0.39 is 23.6 Å². The first-order valence-corrected chi connectivity index (χ1v) is 13.2. The number of amidine groups is 1. The average molecular weight is 561 g/mol. The fraction of sp³-hybridized carbons (Fsp3) is 0.167. The number of carbonyl (C=O) groups is 1. The number of anilines is 2. The molecule has 40 heavy (non-hydrogen) atoms. The molecule has 2 aliphatic heterocycles. The molecular weight excluding hydrogens is 537 g/mol. The Morgan fingerprint density at radius 3 is 2.50 bits per heavy atom. The van der Waals surface area contributed by atoms with Crippen molar-refractivity contribution in [2.24, 2.45) is 0 Å². The van der Waals surface area contributed by atoms with Crippen LogP contribution in [0.5, 0.6) is 0 Å². The molecule has 1 atom stereocenters. The zero-order valence-electron chi connectivity index (χ0n) is 21.5. The number of nitrogens with zero attached hydrogens (tertiary/aromatic N) is 2. The second-order valence-electron chi connectivity index (χ2n) is 9.08. The monoisotopic (exact) mass is 560 g/mol. The summed E-state index contributed by atoms with van der Waals surface area (Å²) in [6, 6.07) is 21.0. The number of allylic oxidation sites excluding steroid dienone is 1. The van der Waals surface area contributed by atoms with Crippen LogP contribution < -0.4 is 10.2 Å². The van der Waals surface area contributed by atoms with Gasteiger partial charge in [0.15, 0.2) is 0 Å². The topological polar surface area (TPSA) is 89.2 Å². The van der Waals surface area contributed by atoms with Crippen molar-refractivity contribution >= 4 is 34.9 Å². The van der Waals surface area contributed by atoms with Crippen molar-refractivity contribution < 1.29 is 22.7 Å². The molecule has 3 aromatic rings. The number of ether oxygens (including phenoxy) is 1. The maximum absolute atomic E-state index is 13.6. The number of thioether (sulfide) groups is 1. The van der Waals surface area contributed by atoms with Crippen molar-refractivity contribution in [3.8, 4) is 6.07 Å². The van der Waals surface area contributed by atoms with Crippen molar-refractivity contribution in [1.82, 2.24) is 0 Å². The summed E-state index contributed by atoms with van der Waals surface area (Å²) < 4.78 is 46.4. The highest BCUT2D eigenvalue weighted by atomic mass is 32.2. The van der Waals surface area contributed by atoms with Gasteiger partial charge in [0, 0.05) is 27.8 Å². The minimum Gasteiger partial charge on any atom is -0.463 e. The molecule has 2 heterocycles. The van der Waals surface area contributed by atoms with E-state index in [-0.39, 0.29) is 29.4 Å². The zero-order chi connectivity index (χ0) is 28.6. The average Bonchev–Trinajstić information content (AvgIpc) is 3.36. The Bertz CT molecular complexity index is 1590. The molecule has 10 heteroatoms. The lowest BCUT2D eigenvalue weighted by molar-refractivity contribution is -0.139. The number of carbonyl (C=O) groups excluding carboxylic acids is 1. The number of para-hydroxylation sites is 1. The van der Waals surface area contributed by atoms with Gasteiger partial charge in [-0.3, -0.25) is 10.3 Å². The van der Waals surface area contributed by atoms with Crippen molar-refractivity contribution in [1.29, 1.82) is 10.7 Å². The highest BCUT2D eigenvalue weighted by Crippen LogP contribution is 2.50. The van der Waals surface area contributed by atoms with Gasteiger partial charge < -0.3 is 10.1 Å². The number of rotatable bonds is 4. The van der Waals surface area contributed by atoms with E-state index in [4.69, 9.17) is 4.74 Å². The van der Waals surface area contributed by atoms with Gasteiger partial charge >= 0.3 is 12.1 Å². The van der Waals surface area contributed by atoms with Gasteiger partial charge in [-0.1, -0.05) is 42.1 Å². The van der Waals surface area contributed by atoms with E-state index in [1.54, 1.807) is 38.1 Å². The fourth-order valence-electron chi connectivity index (χ4n) is 4.88. The number of halogens is 3. The first-order chi connectivity index (χ1) is 19.1. The first kappa shape index (κ1) is 27.1. The van der Waals surface area contributed by atoms with Crippen LogP contribution in [0.3, 0.4) is 0 Å². The fourth-order valence-corrected chi connectivity index (χ4v) is 5.96. The quantitative estimate of drug-likeness (QED) is 0.323. The molecule has 0 aromatic heterocycles. The zero-order valence-corrected chi connectivity index (χ0v) is 22.3. The molecule has 2 N–H and O–H groups in total.